The van der Waals surface area contributed by atoms with Crippen LogP contribution in [0.5, 0.6) is 0 Å². The Morgan fingerprint density at radius 2 is 1.63 bits per heavy atom. The van der Waals surface area contributed by atoms with Gasteiger partial charge in [0.15, 0.2) is 12.6 Å². The second-order valence-electron chi connectivity index (χ2n) is 17.1. The lowest BCUT2D eigenvalue weighted by Gasteiger charge is -2.53. The average molecular weight is 795 g/mol. The first-order chi connectivity index (χ1) is 25.1. The van der Waals surface area contributed by atoms with E-state index in [-0.39, 0.29) is 49.1 Å². The number of cyclic esters (lactones) is 1. The second-order valence-corrected chi connectivity index (χ2v) is 18.7. The summed E-state index contributed by atoms with van der Waals surface area (Å²) < 4.78 is 63.0. The van der Waals surface area contributed by atoms with E-state index in [2.05, 4.69) is 38.3 Å². The van der Waals surface area contributed by atoms with E-state index in [1.807, 2.05) is 34.6 Å². The lowest BCUT2D eigenvalue weighted by Crippen LogP contribution is -2.70. The third-order valence-corrected chi connectivity index (χ3v) is 13.2. The molecule has 0 aromatic heterocycles. The van der Waals surface area contributed by atoms with Gasteiger partial charge in [0.2, 0.25) is 6.29 Å². The molecule has 15 nitrogen and oxygen atoms in total. The van der Waals surface area contributed by atoms with Crippen LogP contribution in [0.1, 0.15) is 108 Å². The molecule has 3 aliphatic heterocycles. The van der Waals surface area contributed by atoms with Crippen LogP contribution in [-0.2, 0) is 43.4 Å². The summed E-state index contributed by atoms with van der Waals surface area (Å²) in [5, 5.41) is 35.5. The molecule has 0 saturated carbocycles. The van der Waals surface area contributed by atoms with Crippen molar-refractivity contribution in [1.82, 2.24) is 14.9 Å². The van der Waals surface area contributed by atoms with Crippen LogP contribution in [0.15, 0.2) is 0 Å². The van der Waals surface area contributed by atoms with Crippen LogP contribution >= 0.6 is 0 Å². The van der Waals surface area contributed by atoms with Gasteiger partial charge in [-0.3, -0.25) is 4.79 Å². The van der Waals surface area contributed by atoms with Gasteiger partial charge < -0.3 is 49.3 Å². The first kappa shape index (κ1) is 47.4. The van der Waals surface area contributed by atoms with E-state index in [1.54, 1.807) is 14.0 Å². The summed E-state index contributed by atoms with van der Waals surface area (Å²) in [5.74, 6) is -1.10. The highest BCUT2D eigenvalue weighted by molar-refractivity contribution is 7.86. The Morgan fingerprint density at radius 1 is 0.981 bits per heavy atom. The minimum Gasteiger partial charge on any atom is -0.435 e. The third-order valence-electron chi connectivity index (χ3n) is 12.1. The number of rotatable bonds is 11. The number of nitrogens with one attached hydrogen (secondary N) is 2. The number of likely N-dealkylation sites (N-methyl/N-ethyl adjacent to an activating group) is 1. The van der Waals surface area contributed by atoms with Gasteiger partial charge >= 0.3 is 5.97 Å². The molecule has 3 rings (SSSR count). The van der Waals surface area contributed by atoms with Crippen molar-refractivity contribution in [2.45, 2.75) is 174 Å². The van der Waals surface area contributed by atoms with Gasteiger partial charge in [-0.2, -0.15) is 12.7 Å². The zero-order chi connectivity index (χ0) is 40.8. The minimum atomic E-state index is -4.07. The van der Waals surface area contributed by atoms with Crippen LogP contribution in [0.4, 0.5) is 0 Å². The standard InChI is InChI=1S/C38H74N4O11S/c1-13-14-40-21-38(45)29(9)50-31(19-37(38,10)48-12)51-35-26(6)17-27(7)41-20-22(2)15-23(3)33(24(4)16-25(5)34(44)53-35)52-36-32(43)30(18-28(8)49-36)42(11)54(39,46)47/h22-33,35-36,40-41,43,45H,13-21H2,1-12H3,(H2,39,46,47)/t22?,23?,24?,25?,26?,27?,28-,29+,30+,31-,32-,33?,35?,36+,37-,38+/m1/s1. The number of hydrogen-bond acceptors (Lipinski definition) is 13. The molecule has 0 aromatic rings. The van der Waals surface area contributed by atoms with Crippen molar-refractivity contribution in [1.29, 1.82) is 0 Å². The molecule has 0 radical (unpaired) electrons. The van der Waals surface area contributed by atoms with Crippen molar-refractivity contribution in [3.05, 3.63) is 0 Å². The number of nitrogens with zero attached hydrogens (tertiary/aromatic N) is 1. The van der Waals surface area contributed by atoms with Crippen LogP contribution in [0.2, 0.25) is 0 Å². The van der Waals surface area contributed by atoms with E-state index < -0.39 is 82.6 Å². The molecular weight excluding hydrogens is 721 g/mol. The molecule has 6 N–H and O–H groups in total. The van der Waals surface area contributed by atoms with Crippen LogP contribution in [0.3, 0.4) is 0 Å². The quantitative estimate of drug-likeness (QED) is 0.151. The molecule has 16 heteroatoms. The van der Waals surface area contributed by atoms with Crippen molar-refractivity contribution in [3.8, 4) is 0 Å². The van der Waals surface area contributed by atoms with E-state index in [0.717, 1.165) is 30.2 Å². The molecule has 3 heterocycles. The average Bonchev–Trinajstić information content (AvgIpc) is 3.08. The van der Waals surface area contributed by atoms with Gasteiger partial charge in [0.1, 0.15) is 17.3 Å². The van der Waals surface area contributed by atoms with Crippen LogP contribution in [0, 0.1) is 29.6 Å². The van der Waals surface area contributed by atoms with Gasteiger partial charge in [0.05, 0.1) is 30.3 Å². The fourth-order valence-electron chi connectivity index (χ4n) is 8.57. The number of carbonyl (C=O) groups excluding carboxylic acids is 1. The zero-order valence-electron chi connectivity index (χ0n) is 34.9. The smallest absolute Gasteiger partial charge is 0.310 e. The predicted molar refractivity (Wildman–Crippen MR) is 205 cm³/mol. The molecule has 8 unspecified atom stereocenters. The topological polar surface area (TPSA) is 200 Å². The fraction of sp³-hybridized carbons (Fsp3) is 0.974. The molecule has 16 atom stereocenters. The Morgan fingerprint density at radius 3 is 2.24 bits per heavy atom. The third kappa shape index (κ3) is 12.0. The first-order valence-corrected chi connectivity index (χ1v) is 21.5. The predicted octanol–water partition coefficient (Wildman–Crippen LogP) is 2.87. The highest BCUT2D eigenvalue weighted by Gasteiger charge is 2.57. The molecule has 54 heavy (non-hydrogen) atoms. The summed E-state index contributed by atoms with van der Waals surface area (Å²) in [5.41, 5.74) is -2.34. The number of aliphatic hydroxyl groups excluding tert-OH is 1. The number of nitrogens with two attached hydrogens (primary N) is 1. The molecule has 318 valence electrons. The van der Waals surface area contributed by atoms with E-state index in [4.69, 9.17) is 33.6 Å². The van der Waals surface area contributed by atoms with Crippen molar-refractivity contribution >= 4 is 16.2 Å². The summed E-state index contributed by atoms with van der Waals surface area (Å²) in [6, 6.07) is -0.760. The maximum absolute atomic E-state index is 13.9. The van der Waals surface area contributed by atoms with Crippen molar-refractivity contribution in [2.75, 3.05) is 33.8 Å². The van der Waals surface area contributed by atoms with Crippen LogP contribution < -0.4 is 15.8 Å². The first-order valence-electron chi connectivity index (χ1n) is 20.0. The molecule has 0 amide bonds. The van der Waals surface area contributed by atoms with Crippen molar-refractivity contribution in [3.63, 3.8) is 0 Å². The fourth-order valence-corrected chi connectivity index (χ4v) is 9.16. The zero-order valence-corrected chi connectivity index (χ0v) is 35.8. The summed E-state index contributed by atoms with van der Waals surface area (Å²) >= 11 is 0. The minimum absolute atomic E-state index is 0.00531. The van der Waals surface area contributed by atoms with Gasteiger partial charge in [-0.1, -0.05) is 41.5 Å². The normalized spacial score (nSPS) is 44.0. The highest BCUT2D eigenvalue weighted by atomic mass is 32.2. The molecular formula is C38H74N4O11S. The molecule has 3 aliphatic rings. The van der Waals surface area contributed by atoms with Gasteiger partial charge in [0.25, 0.3) is 10.2 Å². The van der Waals surface area contributed by atoms with E-state index in [1.165, 1.54) is 7.05 Å². The van der Waals surface area contributed by atoms with Gasteiger partial charge in [-0.05, 0) is 90.6 Å². The molecule has 0 spiro atoms. The maximum atomic E-state index is 13.9. The number of ether oxygens (including phenoxy) is 6. The summed E-state index contributed by atoms with van der Waals surface area (Å²) in [7, 11) is -1.15. The number of hydrogen-bond donors (Lipinski definition) is 5. The Hall–Kier alpha value is -1.02. The number of carbonyl (C=O) groups is 1. The van der Waals surface area contributed by atoms with E-state index in [0.29, 0.717) is 12.8 Å². The number of aliphatic hydroxyl groups is 2. The maximum Gasteiger partial charge on any atom is 0.310 e. The van der Waals surface area contributed by atoms with Gasteiger partial charge in [0, 0.05) is 39.1 Å². The molecule has 0 aliphatic carbocycles. The van der Waals surface area contributed by atoms with E-state index >= 15 is 0 Å². The van der Waals surface area contributed by atoms with E-state index in [9.17, 15) is 23.4 Å². The SMILES string of the molecule is CCCNC[C@]1(O)[C@H](C)O[C@H](OC2OC(=O)C(C)CC(C)C(O[C@@H]3O[C@H](C)C[C@H](N(C)S(N)(=O)=O)[C@H]3O)C(C)CC(C)CNC(C)CC2C)C[C@@]1(C)OC. The Labute approximate surface area is 325 Å². The number of methoxy groups -OCH3 is 1. The molecule has 3 saturated heterocycles. The summed E-state index contributed by atoms with van der Waals surface area (Å²) in [6.45, 7) is 21.5. The lowest BCUT2D eigenvalue weighted by atomic mass is 9.75. The summed E-state index contributed by atoms with van der Waals surface area (Å²) in [4.78, 5) is 13.9. The monoisotopic (exact) mass is 795 g/mol. The number of esters is 1. The van der Waals surface area contributed by atoms with Crippen LogP contribution in [0.25, 0.3) is 0 Å². The lowest BCUT2D eigenvalue weighted by molar-refractivity contribution is -0.343. The van der Waals surface area contributed by atoms with Gasteiger partial charge in [-0.25, -0.2) is 5.14 Å². The molecule has 3 fully saturated rings. The highest BCUT2D eigenvalue weighted by Crippen LogP contribution is 2.41. The molecule has 0 aromatic carbocycles. The largest absolute Gasteiger partial charge is 0.435 e. The second kappa shape index (κ2) is 20.1. The van der Waals surface area contributed by atoms with Crippen molar-refractivity contribution in [2.24, 2.45) is 34.7 Å². The molecule has 0 bridgehead atoms. The Balaban J connectivity index is 1.85. The summed E-state index contributed by atoms with van der Waals surface area (Å²) in [6.07, 6.45) is -2.38. The van der Waals surface area contributed by atoms with Crippen LogP contribution in [-0.4, -0.2) is 129 Å². The van der Waals surface area contributed by atoms with Crippen molar-refractivity contribution < 1.29 is 51.8 Å². The Kier molecular flexibility index (Phi) is 17.6. The Bertz CT molecular complexity index is 1280. The van der Waals surface area contributed by atoms with Gasteiger partial charge in [-0.15, -0.1) is 0 Å².